The third-order valence-electron chi connectivity index (χ3n) is 3.23. The zero-order chi connectivity index (χ0) is 14.0. The molecule has 1 fully saturated rings. The third kappa shape index (κ3) is 3.01. The van der Waals surface area contributed by atoms with Crippen LogP contribution in [-0.2, 0) is 9.84 Å². The topological polar surface area (TPSA) is 89.3 Å². The molecular formula is C12H15ClN2O3S. The second-order valence-electron chi connectivity index (χ2n) is 4.55. The lowest BCUT2D eigenvalue weighted by Gasteiger charge is -2.12. The van der Waals surface area contributed by atoms with Gasteiger partial charge in [0.15, 0.2) is 9.84 Å². The second kappa shape index (κ2) is 5.38. The Kier molecular flexibility index (Phi) is 4.01. The molecule has 0 aromatic heterocycles. The van der Waals surface area contributed by atoms with Crippen molar-refractivity contribution in [2.24, 2.45) is 0 Å². The first kappa shape index (κ1) is 14.1. The molecule has 2 rings (SSSR count). The van der Waals surface area contributed by atoms with Gasteiger partial charge in [-0.15, -0.1) is 0 Å². The van der Waals surface area contributed by atoms with E-state index < -0.39 is 21.0 Å². The summed E-state index contributed by atoms with van der Waals surface area (Å²) in [6, 6.07) is 4.79. The lowest BCUT2D eigenvalue weighted by atomic mass is 10.1. The highest BCUT2D eigenvalue weighted by molar-refractivity contribution is 7.92. The zero-order valence-corrected chi connectivity index (χ0v) is 11.8. The quantitative estimate of drug-likeness (QED) is 0.822. The molecule has 1 unspecified atom stereocenters. The number of hydrogen-bond acceptors (Lipinski definition) is 4. The molecule has 0 bridgehead atoms. The SMILES string of the molecule is Nc1cccc(Cl)c1C(=O)NCC1CCCS1(=O)=O. The summed E-state index contributed by atoms with van der Waals surface area (Å²) in [7, 11) is -3.06. The molecule has 1 atom stereocenters. The molecule has 1 aliphatic rings. The molecule has 3 N–H and O–H groups in total. The minimum atomic E-state index is -3.06. The van der Waals surface area contributed by atoms with E-state index in [1.165, 1.54) is 0 Å². The van der Waals surface area contributed by atoms with Crippen LogP contribution in [0.2, 0.25) is 5.02 Å². The minimum absolute atomic E-state index is 0.103. The average molecular weight is 303 g/mol. The van der Waals surface area contributed by atoms with Gasteiger partial charge >= 0.3 is 0 Å². The molecule has 5 nitrogen and oxygen atoms in total. The molecule has 1 aromatic rings. The van der Waals surface area contributed by atoms with Crippen molar-refractivity contribution in [2.75, 3.05) is 18.0 Å². The summed E-state index contributed by atoms with van der Waals surface area (Å²) in [5.74, 6) is -0.243. The van der Waals surface area contributed by atoms with Gasteiger partial charge < -0.3 is 11.1 Å². The largest absolute Gasteiger partial charge is 0.398 e. The van der Waals surface area contributed by atoms with Crippen molar-refractivity contribution in [1.29, 1.82) is 0 Å². The molecule has 1 aliphatic heterocycles. The Morgan fingerprint density at radius 1 is 1.47 bits per heavy atom. The molecular weight excluding hydrogens is 288 g/mol. The normalized spacial score (nSPS) is 21.2. The standard InChI is InChI=1S/C12H15ClN2O3S/c13-9-4-1-5-10(14)11(9)12(16)15-7-8-3-2-6-19(8,17)18/h1,4-5,8H,2-3,6-7,14H2,(H,15,16). The number of nitrogens with two attached hydrogens (primary N) is 1. The van der Waals surface area contributed by atoms with E-state index >= 15 is 0 Å². The maximum atomic E-state index is 12.0. The van der Waals surface area contributed by atoms with E-state index in [1.807, 2.05) is 0 Å². The van der Waals surface area contributed by atoms with Crippen LogP contribution in [0.15, 0.2) is 18.2 Å². The van der Waals surface area contributed by atoms with Crippen molar-refractivity contribution in [3.63, 3.8) is 0 Å². The zero-order valence-electron chi connectivity index (χ0n) is 10.2. The summed E-state index contributed by atoms with van der Waals surface area (Å²) >= 11 is 5.92. The van der Waals surface area contributed by atoms with Gasteiger partial charge in [-0.05, 0) is 25.0 Å². The molecule has 1 saturated heterocycles. The number of hydrogen-bond donors (Lipinski definition) is 2. The summed E-state index contributed by atoms with van der Waals surface area (Å²) in [5, 5.41) is 2.35. The predicted octanol–water partition coefficient (Wildman–Crippen LogP) is 1.23. The highest BCUT2D eigenvalue weighted by Gasteiger charge is 2.31. The molecule has 1 amide bonds. The van der Waals surface area contributed by atoms with Crippen LogP contribution in [0.5, 0.6) is 0 Å². The van der Waals surface area contributed by atoms with Crippen molar-refractivity contribution < 1.29 is 13.2 Å². The van der Waals surface area contributed by atoms with Crippen LogP contribution in [0.25, 0.3) is 0 Å². The number of sulfone groups is 1. The lowest BCUT2D eigenvalue weighted by molar-refractivity contribution is 0.0954. The first-order valence-electron chi connectivity index (χ1n) is 5.95. The number of nitrogen functional groups attached to an aromatic ring is 1. The molecule has 0 radical (unpaired) electrons. The molecule has 7 heteroatoms. The van der Waals surface area contributed by atoms with Gasteiger partial charge in [0.05, 0.1) is 21.6 Å². The van der Waals surface area contributed by atoms with E-state index in [9.17, 15) is 13.2 Å². The summed E-state index contributed by atoms with van der Waals surface area (Å²) in [4.78, 5) is 12.0. The number of amides is 1. The number of carbonyl (C=O) groups is 1. The fourth-order valence-corrected chi connectivity index (χ4v) is 4.20. The highest BCUT2D eigenvalue weighted by Crippen LogP contribution is 2.22. The van der Waals surface area contributed by atoms with Gasteiger partial charge in [-0.3, -0.25) is 4.79 Å². The number of benzene rings is 1. The Morgan fingerprint density at radius 3 is 2.79 bits per heavy atom. The number of nitrogens with one attached hydrogen (secondary N) is 1. The smallest absolute Gasteiger partial charge is 0.254 e. The Labute approximate surface area is 117 Å². The van der Waals surface area contributed by atoms with Crippen molar-refractivity contribution in [1.82, 2.24) is 5.32 Å². The third-order valence-corrected chi connectivity index (χ3v) is 5.82. The van der Waals surface area contributed by atoms with Gasteiger partial charge in [0.25, 0.3) is 5.91 Å². The monoisotopic (exact) mass is 302 g/mol. The summed E-state index contributed by atoms with van der Waals surface area (Å²) in [6.45, 7) is 0.103. The van der Waals surface area contributed by atoms with E-state index in [-0.39, 0.29) is 28.6 Å². The maximum absolute atomic E-state index is 12.0. The molecule has 1 aromatic carbocycles. The highest BCUT2D eigenvalue weighted by atomic mass is 35.5. The van der Waals surface area contributed by atoms with E-state index in [0.29, 0.717) is 12.8 Å². The van der Waals surface area contributed by atoms with Crippen LogP contribution in [0.3, 0.4) is 0 Å². The van der Waals surface area contributed by atoms with Crippen molar-refractivity contribution in [2.45, 2.75) is 18.1 Å². The fourth-order valence-electron chi connectivity index (χ4n) is 2.16. The average Bonchev–Trinajstić information content (AvgIpc) is 2.65. The van der Waals surface area contributed by atoms with E-state index in [4.69, 9.17) is 17.3 Å². The van der Waals surface area contributed by atoms with Gasteiger partial charge in [-0.1, -0.05) is 17.7 Å². The van der Waals surface area contributed by atoms with Crippen LogP contribution in [0.1, 0.15) is 23.2 Å². The summed E-state index contributed by atoms with van der Waals surface area (Å²) in [6.07, 6.45) is 1.23. The molecule has 0 saturated carbocycles. The predicted molar refractivity (Wildman–Crippen MR) is 75.0 cm³/mol. The van der Waals surface area contributed by atoms with E-state index in [1.54, 1.807) is 18.2 Å². The van der Waals surface area contributed by atoms with Crippen molar-refractivity contribution in [3.05, 3.63) is 28.8 Å². The Balaban J connectivity index is 2.06. The Bertz CT molecular complexity index is 581. The summed E-state index contributed by atoms with van der Waals surface area (Å²) < 4.78 is 23.3. The lowest BCUT2D eigenvalue weighted by Crippen LogP contribution is -2.35. The minimum Gasteiger partial charge on any atom is -0.398 e. The molecule has 1 heterocycles. The molecule has 19 heavy (non-hydrogen) atoms. The van der Waals surface area contributed by atoms with E-state index in [2.05, 4.69) is 5.32 Å². The van der Waals surface area contributed by atoms with Crippen LogP contribution in [0, 0.1) is 0 Å². The van der Waals surface area contributed by atoms with Crippen molar-refractivity contribution >= 4 is 33.0 Å². The number of rotatable bonds is 3. The van der Waals surface area contributed by atoms with Crippen LogP contribution < -0.4 is 11.1 Å². The van der Waals surface area contributed by atoms with Crippen molar-refractivity contribution in [3.8, 4) is 0 Å². The fraction of sp³-hybridized carbons (Fsp3) is 0.417. The molecule has 0 aliphatic carbocycles. The molecule has 0 spiro atoms. The summed E-state index contributed by atoms with van der Waals surface area (Å²) in [5.41, 5.74) is 6.17. The van der Waals surface area contributed by atoms with Crippen LogP contribution in [-0.4, -0.2) is 31.9 Å². The number of anilines is 1. The van der Waals surface area contributed by atoms with Crippen LogP contribution >= 0.6 is 11.6 Å². The first-order valence-corrected chi connectivity index (χ1v) is 8.05. The van der Waals surface area contributed by atoms with E-state index in [0.717, 1.165) is 0 Å². The Morgan fingerprint density at radius 2 is 2.21 bits per heavy atom. The molecule has 104 valence electrons. The van der Waals surface area contributed by atoms with Crippen LogP contribution in [0.4, 0.5) is 5.69 Å². The van der Waals surface area contributed by atoms with Gasteiger partial charge in [0, 0.05) is 12.2 Å². The second-order valence-corrected chi connectivity index (χ2v) is 7.35. The van der Waals surface area contributed by atoms with Gasteiger partial charge in [0.1, 0.15) is 0 Å². The maximum Gasteiger partial charge on any atom is 0.254 e. The Hall–Kier alpha value is -1.27. The first-order chi connectivity index (χ1) is 8.92. The van der Waals surface area contributed by atoms with Gasteiger partial charge in [-0.2, -0.15) is 0 Å². The number of halogens is 1. The van der Waals surface area contributed by atoms with Gasteiger partial charge in [-0.25, -0.2) is 8.42 Å². The van der Waals surface area contributed by atoms with Gasteiger partial charge in [0.2, 0.25) is 0 Å². The number of carbonyl (C=O) groups excluding carboxylic acids is 1.